The Hall–Kier alpha value is -3.04. The van der Waals surface area contributed by atoms with Crippen molar-refractivity contribution >= 4 is 52.2 Å². The Kier molecular flexibility index (Phi) is 7.19. The molecule has 0 bridgehead atoms. The van der Waals surface area contributed by atoms with Crippen molar-refractivity contribution in [2.75, 3.05) is 20.3 Å². The summed E-state index contributed by atoms with van der Waals surface area (Å²) in [5.74, 6) is -1.40. The summed E-state index contributed by atoms with van der Waals surface area (Å²) in [5.41, 5.74) is 1.10. The van der Waals surface area contributed by atoms with Gasteiger partial charge in [-0.1, -0.05) is 11.6 Å². The molecule has 2 aromatic carbocycles. The zero-order valence-corrected chi connectivity index (χ0v) is 18.2. The number of rotatable bonds is 7. The van der Waals surface area contributed by atoms with Gasteiger partial charge in [0.2, 0.25) is 0 Å². The smallest absolute Gasteiger partial charge is 0.341 e. The van der Waals surface area contributed by atoms with Crippen LogP contribution in [0.25, 0.3) is 6.08 Å². The third-order valence-corrected chi connectivity index (χ3v) is 5.43. The van der Waals surface area contributed by atoms with Crippen LogP contribution in [0.5, 0.6) is 11.5 Å². The predicted molar refractivity (Wildman–Crippen MR) is 118 cm³/mol. The summed E-state index contributed by atoms with van der Waals surface area (Å²) < 4.78 is 23.6. The largest absolute Gasteiger partial charge is 0.493 e. The van der Waals surface area contributed by atoms with Gasteiger partial charge in [0, 0.05) is 6.54 Å². The molecule has 0 saturated carbocycles. The number of halogens is 2. The molecule has 2 aromatic rings. The highest BCUT2D eigenvalue weighted by atomic mass is 35.5. The van der Waals surface area contributed by atoms with Crippen LogP contribution in [0.4, 0.5) is 10.1 Å². The maximum Gasteiger partial charge on any atom is 0.341 e. The molecule has 1 amide bonds. The molecule has 1 aliphatic rings. The summed E-state index contributed by atoms with van der Waals surface area (Å²) in [5, 5.41) is 9.43. The van der Waals surface area contributed by atoms with Crippen LogP contribution in [-0.4, -0.2) is 47.3 Å². The van der Waals surface area contributed by atoms with E-state index in [1.54, 1.807) is 18.2 Å². The Morgan fingerprint density at radius 3 is 2.65 bits per heavy atom. The Morgan fingerprint density at radius 1 is 1.32 bits per heavy atom. The normalized spacial score (nSPS) is 16.3. The van der Waals surface area contributed by atoms with E-state index in [0.29, 0.717) is 27.9 Å². The number of amidine groups is 1. The van der Waals surface area contributed by atoms with Gasteiger partial charge in [-0.3, -0.25) is 9.69 Å². The second kappa shape index (κ2) is 9.84. The lowest BCUT2D eigenvalue weighted by atomic mass is 10.1. The minimum atomic E-state index is -1.15. The molecule has 3 rings (SSSR count). The van der Waals surface area contributed by atoms with E-state index in [4.69, 9.17) is 26.2 Å². The lowest BCUT2D eigenvalue weighted by Crippen LogP contribution is -2.28. The Labute approximate surface area is 187 Å². The Bertz CT molecular complexity index is 1070. The van der Waals surface area contributed by atoms with Gasteiger partial charge in [0.25, 0.3) is 5.91 Å². The molecule has 0 atom stereocenters. The number of aliphatic carboxylic acids is 1. The number of nitrogens with zero attached hydrogens (tertiary/aromatic N) is 2. The highest BCUT2D eigenvalue weighted by Crippen LogP contribution is 2.39. The lowest BCUT2D eigenvalue weighted by molar-refractivity contribution is -0.139. The molecule has 1 N–H and O–H groups in total. The zero-order chi connectivity index (χ0) is 22.5. The van der Waals surface area contributed by atoms with Crippen molar-refractivity contribution in [1.82, 2.24) is 4.90 Å². The Morgan fingerprint density at radius 2 is 2.03 bits per heavy atom. The van der Waals surface area contributed by atoms with E-state index in [1.807, 2.05) is 6.92 Å². The van der Waals surface area contributed by atoms with Crippen LogP contribution in [0.3, 0.4) is 0 Å². The minimum Gasteiger partial charge on any atom is -0.493 e. The molecule has 0 aromatic heterocycles. The van der Waals surface area contributed by atoms with Crippen molar-refractivity contribution in [3.63, 3.8) is 0 Å². The number of benzene rings is 2. The molecule has 1 fully saturated rings. The Balaban J connectivity index is 1.92. The molecular formula is C21H18ClFN2O5S. The number of ether oxygens (including phenoxy) is 2. The van der Waals surface area contributed by atoms with E-state index in [-0.39, 0.29) is 28.2 Å². The standard InChI is InChI=1S/C21H18ClFN2O5S/c1-3-25-20(28)17(31-21(25)24-14-6-4-13(23)5-7-14)10-12-8-15(22)19(16(9-12)29-2)30-11-18(26)27/h4-10H,3,11H2,1-2H3,(H,26,27). The summed E-state index contributed by atoms with van der Waals surface area (Å²) in [6.45, 7) is 1.67. The molecule has 1 saturated heterocycles. The molecule has 0 unspecified atom stereocenters. The summed E-state index contributed by atoms with van der Waals surface area (Å²) in [6, 6.07) is 8.81. The first-order valence-electron chi connectivity index (χ1n) is 9.10. The van der Waals surface area contributed by atoms with Crippen LogP contribution in [0.1, 0.15) is 12.5 Å². The fourth-order valence-corrected chi connectivity index (χ4v) is 4.08. The van der Waals surface area contributed by atoms with Crippen molar-refractivity contribution in [2.24, 2.45) is 4.99 Å². The third kappa shape index (κ3) is 5.36. The fourth-order valence-electron chi connectivity index (χ4n) is 2.74. The van der Waals surface area contributed by atoms with Crippen molar-refractivity contribution in [3.8, 4) is 11.5 Å². The SMILES string of the molecule is CCN1C(=O)C(=Cc2cc(Cl)c(OCC(=O)O)c(OC)c2)SC1=Nc1ccc(F)cc1. The third-order valence-electron chi connectivity index (χ3n) is 4.15. The molecule has 162 valence electrons. The molecule has 1 heterocycles. The van der Waals surface area contributed by atoms with Gasteiger partial charge in [-0.15, -0.1) is 0 Å². The highest BCUT2D eigenvalue weighted by Gasteiger charge is 2.32. The maximum atomic E-state index is 13.1. The van der Waals surface area contributed by atoms with E-state index < -0.39 is 12.6 Å². The number of methoxy groups -OCH3 is 1. The molecule has 0 radical (unpaired) electrons. The second-order valence-corrected chi connectivity index (χ2v) is 7.66. The first-order valence-corrected chi connectivity index (χ1v) is 10.3. The second-order valence-electron chi connectivity index (χ2n) is 6.25. The number of amides is 1. The number of hydrogen-bond donors (Lipinski definition) is 1. The van der Waals surface area contributed by atoms with Gasteiger partial charge >= 0.3 is 5.97 Å². The van der Waals surface area contributed by atoms with Crippen LogP contribution >= 0.6 is 23.4 Å². The first-order chi connectivity index (χ1) is 14.8. The fraction of sp³-hybridized carbons (Fsp3) is 0.190. The van der Waals surface area contributed by atoms with Crippen LogP contribution in [-0.2, 0) is 9.59 Å². The van der Waals surface area contributed by atoms with Gasteiger partial charge in [-0.05, 0) is 66.7 Å². The summed E-state index contributed by atoms with van der Waals surface area (Å²) in [4.78, 5) is 30.0. The molecule has 10 heteroatoms. The number of thioether (sulfide) groups is 1. The van der Waals surface area contributed by atoms with Crippen molar-refractivity contribution in [3.05, 3.63) is 57.7 Å². The first kappa shape index (κ1) is 22.6. The monoisotopic (exact) mass is 464 g/mol. The number of carboxylic acids is 1. The van der Waals surface area contributed by atoms with Gasteiger partial charge in [-0.25, -0.2) is 14.2 Å². The number of carboxylic acid groups (broad SMARTS) is 1. The van der Waals surface area contributed by atoms with Gasteiger partial charge < -0.3 is 14.6 Å². The predicted octanol–water partition coefficient (Wildman–Crippen LogP) is 4.58. The minimum absolute atomic E-state index is 0.105. The number of carbonyl (C=O) groups is 2. The summed E-state index contributed by atoms with van der Waals surface area (Å²) in [6.07, 6.45) is 1.64. The number of hydrogen-bond acceptors (Lipinski definition) is 6. The van der Waals surface area contributed by atoms with E-state index in [9.17, 15) is 14.0 Å². The average Bonchev–Trinajstić information content (AvgIpc) is 3.02. The van der Waals surface area contributed by atoms with Gasteiger partial charge in [0.1, 0.15) is 5.82 Å². The molecule has 0 spiro atoms. The number of aliphatic imine (C=N–C) groups is 1. The molecule has 1 aliphatic heterocycles. The maximum absolute atomic E-state index is 13.1. The molecule has 7 nitrogen and oxygen atoms in total. The average molecular weight is 465 g/mol. The molecule has 0 aliphatic carbocycles. The van der Waals surface area contributed by atoms with Crippen LogP contribution < -0.4 is 9.47 Å². The van der Waals surface area contributed by atoms with Gasteiger partial charge in [0.05, 0.1) is 22.7 Å². The van der Waals surface area contributed by atoms with Gasteiger partial charge in [-0.2, -0.15) is 0 Å². The van der Waals surface area contributed by atoms with E-state index in [1.165, 1.54) is 48.0 Å². The summed E-state index contributed by atoms with van der Waals surface area (Å²) >= 11 is 7.42. The lowest BCUT2D eigenvalue weighted by Gasteiger charge is -2.12. The zero-order valence-electron chi connectivity index (χ0n) is 16.6. The molecular weight excluding hydrogens is 447 g/mol. The van der Waals surface area contributed by atoms with E-state index in [2.05, 4.69) is 4.99 Å². The van der Waals surface area contributed by atoms with E-state index >= 15 is 0 Å². The number of carbonyl (C=O) groups excluding carboxylic acids is 1. The van der Waals surface area contributed by atoms with Gasteiger partial charge in [0.15, 0.2) is 23.3 Å². The van der Waals surface area contributed by atoms with Crippen LogP contribution in [0.2, 0.25) is 5.02 Å². The topological polar surface area (TPSA) is 88.4 Å². The summed E-state index contributed by atoms with van der Waals surface area (Å²) in [7, 11) is 1.40. The van der Waals surface area contributed by atoms with Crippen LogP contribution in [0.15, 0.2) is 46.3 Å². The van der Waals surface area contributed by atoms with Crippen molar-refractivity contribution in [2.45, 2.75) is 6.92 Å². The molecule has 31 heavy (non-hydrogen) atoms. The van der Waals surface area contributed by atoms with Crippen molar-refractivity contribution in [1.29, 1.82) is 0 Å². The van der Waals surface area contributed by atoms with E-state index in [0.717, 1.165) is 0 Å². The highest BCUT2D eigenvalue weighted by molar-refractivity contribution is 8.18. The number of likely N-dealkylation sites (N-methyl/N-ethyl adjacent to an activating group) is 1. The van der Waals surface area contributed by atoms with Crippen molar-refractivity contribution < 1.29 is 28.6 Å². The van der Waals surface area contributed by atoms with Crippen LogP contribution in [0, 0.1) is 5.82 Å². The quantitative estimate of drug-likeness (QED) is 0.603.